The summed E-state index contributed by atoms with van der Waals surface area (Å²) in [4.78, 5) is 26.7. The molecule has 0 bridgehead atoms. The van der Waals surface area contributed by atoms with Crippen LogP contribution in [0, 0.1) is 0 Å². The normalized spacial score (nSPS) is 13.4. The van der Waals surface area contributed by atoms with Gasteiger partial charge in [-0.2, -0.15) is 0 Å². The van der Waals surface area contributed by atoms with Gasteiger partial charge >= 0.3 is 0 Å². The second-order valence-corrected chi connectivity index (χ2v) is 5.73. The molecule has 0 atom stereocenters. The number of unbranched alkanes of at least 4 members (excludes halogenated alkanes) is 1. The van der Waals surface area contributed by atoms with E-state index in [0.717, 1.165) is 18.4 Å². The van der Waals surface area contributed by atoms with Gasteiger partial charge in [0.1, 0.15) is 6.67 Å². The second kappa shape index (κ2) is 7.21. The zero-order valence-corrected chi connectivity index (χ0v) is 13.7. The highest BCUT2D eigenvalue weighted by atomic mass is 16.5. The average Bonchev–Trinajstić information content (AvgIpc) is 2.60. The number of hydrogen-bond donors (Lipinski definition) is 1. The number of fused-ring (bicyclic) bond motifs is 1. The molecule has 24 heavy (non-hydrogen) atoms. The van der Waals surface area contributed by atoms with E-state index in [0.29, 0.717) is 19.8 Å². The molecule has 1 aliphatic rings. The second-order valence-electron chi connectivity index (χ2n) is 5.73. The van der Waals surface area contributed by atoms with Gasteiger partial charge in [-0.05, 0) is 12.0 Å². The lowest BCUT2D eigenvalue weighted by Gasteiger charge is -2.31. The lowest BCUT2D eigenvalue weighted by atomic mass is 10.2. The molecule has 1 amide bonds. The van der Waals surface area contributed by atoms with E-state index in [1.165, 1.54) is 6.07 Å². The lowest BCUT2D eigenvalue weighted by molar-refractivity contribution is 0.0707. The van der Waals surface area contributed by atoms with E-state index in [1.54, 1.807) is 15.8 Å². The summed E-state index contributed by atoms with van der Waals surface area (Å²) in [7, 11) is 0. The van der Waals surface area contributed by atoms with Crippen molar-refractivity contribution < 1.29 is 9.53 Å². The van der Waals surface area contributed by atoms with Crippen LogP contribution >= 0.6 is 0 Å². The highest BCUT2D eigenvalue weighted by molar-refractivity contribution is 5.96. The smallest absolute Gasteiger partial charge is 0.278 e. The first-order valence-electron chi connectivity index (χ1n) is 8.16. The van der Waals surface area contributed by atoms with E-state index in [1.807, 2.05) is 37.3 Å². The van der Waals surface area contributed by atoms with Gasteiger partial charge in [-0.3, -0.25) is 14.3 Å². The van der Waals surface area contributed by atoms with Crippen LogP contribution in [0.1, 0.15) is 35.8 Å². The van der Waals surface area contributed by atoms with Gasteiger partial charge in [-0.15, -0.1) is 0 Å². The summed E-state index contributed by atoms with van der Waals surface area (Å²) in [5, 5.41) is 0. The summed E-state index contributed by atoms with van der Waals surface area (Å²) >= 11 is 0. The van der Waals surface area contributed by atoms with Gasteiger partial charge in [0.05, 0.1) is 6.61 Å². The van der Waals surface area contributed by atoms with E-state index < -0.39 is 0 Å². The largest absolute Gasteiger partial charge is 0.487 e. The molecule has 0 fully saturated rings. The Labute approximate surface area is 140 Å². The van der Waals surface area contributed by atoms with E-state index in [4.69, 9.17) is 4.74 Å². The van der Waals surface area contributed by atoms with Crippen LogP contribution in [0.5, 0.6) is 5.75 Å². The molecular weight excluding hydrogens is 306 g/mol. The maximum Gasteiger partial charge on any atom is 0.278 e. The Hall–Kier alpha value is -2.76. The lowest BCUT2D eigenvalue weighted by Crippen LogP contribution is -2.46. The van der Waals surface area contributed by atoms with E-state index in [2.05, 4.69) is 5.43 Å². The van der Waals surface area contributed by atoms with Crippen molar-refractivity contribution in [3.8, 4) is 5.75 Å². The molecule has 1 aromatic carbocycles. The van der Waals surface area contributed by atoms with Crippen LogP contribution in [0.25, 0.3) is 0 Å². The van der Waals surface area contributed by atoms with Crippen molar-refractivity contribution in [2.75, 3.05) is 18.7 Å². The Morgan fingerprint density at radius 1 is 1.17 bits per heavy atom. The fraction of sp³-hybridized carbons (Fsp3) is 0.333. The molecule has 6 nitrogen and oxygen atoms in total. The number of carbonyl (C=O) groups excluding carboxylic acids is 1. The van der Waals surface area contributed by atoms with Crippen LogP contribution in [0.4, 0.5) is 0 Å². The number of pyridine rings is 1. The Morgan fingerprint density at radius 2 is 1.96 bits per heavy atom. The first-order chi connectivity index (χ1) is 11.7. The summed E-state index contributed by atoms with van der Waals surface area (Å²) in [6.45, 7) is 3.32. The van der Waals surface area contributed by atoms with Crippen LogP contribution in [-0.4, -0.2) is 28.8 Å². The molecule has 1 N–H and O–H groups in total. The Morgan fingerprint density at radius 3 is 2.71 bits per heavy atom. The number of nitrogens with one attached hydrogen (secondary N) is 1. The predicted molar refractivity (Wildman–Crippen MR) is 91.6 cm³/mol. The topological polar surface area (TPSA) is 63.6 Å². The number of benzene rings is 1. The standard InChI is InChI=1S/C18H21N3O3/c1-2-3-11-24-17-15(22)9-10-21-16(17)18(23)20(13-19-21)12-14-7-5-4-6-8-14/h4-10,19H,2-3,11-13H2,1H3. The molecule has 2 heterocycles. The fourth-order valence-electron chi connectivity index (χ4n) is 2.62. The molecule has 0 unspecified atom stereocenters. The number of hydrogen-bond acceptors (Lipinski definition) is 4. The van der Waals surface area contributed by atoms with Crippen LogP contribution in [0.15, 0.2) is 47.4 Å². The molecule has 6 heteroatoms. The molecule has 0 radical (unpaired) electrons. The predicted octanol–water partition coefficient (Wildman–Crippen LogP) is 2.18. The molecule has 0 saturated carbocycles. The molecule has 1 aliphatic heterocycles. The summed E-state index contributed by atoms with van der Waals surface area (Å²) < 4.78 is 7.20. The Balaban J connectivity index is 1.87. The summed E-state index contributed by atoms with van der Waals surface area (Å²) in [5.74, 6) is -0.0805. The number of carbonyl (C=O) groups is 1. The number of aromatic nitrogens is 1. The quantitative estimate of drug-likeness (QED) is 0.826. The van der Waals surface area contributed by atoms with Crippen molar-refractivity contribution in [1.29, 1.82) is 0 Å². The Bertz CT molecular complexity index is 771. The highest BCUT2D eigenvalue weighted by Crippen LogP contribution is 2.20. The Kier molecular flexibility index (Phi) is 4.84. The molecule has 0 aliphatic carbocycles. The van der Waals surface area contributed by atoms with Crippen LogP contribution in [0.3, 0.4) is 0 Å². The first-order valence-corrected chi connectivity index (χ1v) is 8.16. The third-order valence-electron chi connectivity index (χ3n) is 3.94. The van der Waals surface area contributed by atoms with Gasteiger partial charge < -0.3 is 15.1 Å². The van der Waals surface area contributed by atoms with Crippen molar-refractivity contribution in [2.45, 2.75) is 26.3 Å². The zero-order chi connectivity index (χ0) is 16.9. The van der Waals surface area contributed by atoms with Crippen molar-refractivity contribution in [3.05, 3.63) is 64.1 Å². The number of amides is 1. The minimum atomic E-state index is -0.269. The van der Waals surface area contributed by atoms with Crippen molar-refractivity contribution >= 4 is 5.91 Å². The van der Waals surface area contributed by atoms with Crippen molar-refractivity contribution in [1.82, 2.24) is 9.58 Å². The van der Waals surface area contributed by atoms with Crippen LogP contribution in [-0.2, 0) is 6.54 Å². The van der Waals surface area contributed by atoms with Crippen molar-refractivity contribution in [3.63, 3.8) is 0 Å². The molecular formula is C18H21N3O3. The van der Waals surface area contributed by atoms with E-state index >= 15 is 0 Å². The molecule has 0 spiro atoms. The number of ether oxygens (including phenoxy) is 1. The van der Waals surface area contributed by atoms with Gasteiger partial charge in [0.25, 0.3) is 5.91 Å². The maximum absolute atomic E-state index is 12.9. The fourth-order valence-corrected chi connectivity index (χ4v) is 2.62. The zero-order valence-electron chi connectivity index (χ0n) is 13.7. The molecule has 2 aromatic rings. The summed E-state index contributed by atoms with van der Waals surface area (Å²) in [6.07, 6.45) is 3.37. The molecule has 0 saturated heterocycles. The minimum Gasteiger partial charge on any atom is -0.487 e. The monoisotopic (exact) mass is 327 g/mol. The van der Waals surface area contributed by atoms with E-state index in [9.17, 15) is 9.59 Å². The highest BCUT2D eigenvalue weighted by Gasteiger charge is 2.29. The van der Waals surface area contributed by atoms with Gasteiger partial charge in [0, 0.05) is 18.8 Å². The van der Waals surface area contributed by atoms with Gasteiger partial charge in [0.2, 0.25) is 5.43 Å². The van der Waals surface area contributed by atoms with Gasteiger partial charge in [0.15, 0.2) is 11.4 Å². The molecule has 3 rings (SSSR count). The third-order valence-corrected chi connectivity index (χ3v) is 3.94. The minimum absolute atomic E-state index is 0.126. The van der Waals surface area contributed by atoms with Crippen molar-refractivity contribution in [2.24, 2.45) is 0 Å². The summed E-state index contributed by atoms with van der Waals surface area (Å²) in [5.41, 5.74) is 4.15. The third kappa shape index (κ3) is 3.27. The number of rotatable bonds is 6. The SMILES string of the molecule is CCCCOc1c2n(ccc1=O)NCN(Cc1ccccc1)C2=O. The average molecular weight is 327 g/mol. The van der Waals surface area contributed by atoms with E-state index in [-0.39, 0.29) is 22.8 Å². The summed E-state index contributed by atoms with van der Waals surface area (Å²) in [6, 6.07) is 11.2. The maximum atomic E-state index is 12.9. The first kappa shape index (κ1) is 16.1. The molecule has 1 aromatic heterocycles. The molecule has 126 valence electrons. The van der Waals surface area contributed by atoms with Gasteiger partial charge in [-0.1, -0.05) is 43.7 Å². The van der Waals surface area contributed by atoms with Crippen LogP contribution in [0.2, 0.25) is 0 Å². The number of nitrogens with zero attached hydrogens (tertiary/aromatic N) is 2. The van der Waals surface area contributed by atoms with Gasteiger partial charge in [-0.25, -0.2) is 0 Å². The van der Waals surface area contributed by atoms with Crippen LogP contribution < -0.4 is 15.6 Å².